The molecule has 0 atom stereocenters. The van der Waals surface area contributed by atoms with Gasteiger partial charge in [-0.15, -0.1) is 0 Å². The molecule has 0 aliphatic carbocycles. The first-order valence-corrected chi connectivity index (χ1v) is 5.67. The molecule has 0 bridgehead atoms. The number of hydrogen-bond acceptors (Lipinski definition) is 2. The van der Waals surface area contributed by atoms with Gasteiger partial charge in [0, 0.05) is 5.57 Å². The first kappa shape index (κ1) is 16.0. The van der Waals surface area contributed by atoms with Gasteiger partial charge in [-0.1, -0.05) is 6.92 Å². The van der Waals surface area contributed by atoms with Crippen LogP contribution < -0.4 is 4.74 Å². The molecule has 1 aromatic carbocycles. The number of aliphatic carboxylic acids is 1. The lowest BCUT2D eigenvalue weighted by Crippen LogP contribution is -2.09. The second-order valence-corrected chi connectivity index (χ2v) is 3.84. The zero-order chi connectivity index (χ0) is 15.3. The minimum atomic E-state index is -4.81. The van der Waals surface area contributed by atoms with E-state index in [1.165, 1.54) is 6.08 Å². The average molecular weight is 292 g/mol. The van der Waals surface area contributed by atoms with E-state index in [1.54, 1.807) is 6.92 Å². The predicted molar refractivity (Wildman–Crippen MR) is 62.9 cm³/mol. The van der Waals surface area contributed by atoms with Gasteiger partial charge < -0.3 is 9.84 Å². The van der Waals surface area contributed by atoms with E-state index in [4.69, 9.17) is 9.84 Å². The maximum absolute atomic E-state index is 13.0. The monoisotopic (exact) mass is 292 g/mol. The van der Waals surface area contributed by atoms with Crippen LogP contribution in [0.2, 0.25) is 0 Å². The highest BCUT2D eigenvalue weighted by molar-refractivity contribution is 5.86. The van der Waals surface area contributed by atoms with Gasteiger partial charge in [0.15, 0.2) is 0 Å². The molecule has 0 spiro atoms. The van der Waals surface area contributed by atoms with Gasteiger partial charge in [0.25, 0.3) is 0 Å². The topological polar surface area (TPSA) is 46.5 Å². The predicted octanol–water partition coefficient (Wildman–Crippen LogP) is 3.64. The molecule has 0 aliphatic heterocycles. The molecule has 1 N–H and O–H groups in total. The molecule has 20 heavy (non-hydrogen) atoms. The Morgan fingerprint density at radius 1 is 1.40 bits per heavy atom. The number of ether oxygens (including phenoxy) is 1. The molecule has 0 heterocycles. The molecule has 0 aromatic heterocycles. The van der Waals surface area contributed by atoms with Crippen molar-refractivity contribution in [1.29, 1.82) is 0 Å². The second kappa shape index (κ2) is 6.40. The van der Waals surface area contributed by atoms with Crippen LogP contribution in [-0.2, 0) is 11.0 Å². The fraction of sp³-hybridized carbons (Fsp3) is 0.308. The molecule has 0 saturated carbocycles. The number of rotatable bonds is 5. The number of alkyl halides is 3. The molecule has 0 saturated heterocycles. The van der Waals surface area contributed by atoms with Gasteiger partial charge in [0.1, 0.15) is 18.2 Å². The van der Waals surface area contributed by atoms with Crippen LogP contribution in [0.15, 0.2) is 29.8 Å². The summed E-state index contributed by atoms with van der Waals surface area (Å²) in [5, 5.41) is 8.74. The Kier molecular flexibility index (Phi) is 5.12. The number of carboxylic acid groups (broad SMARTS) is 1. The number of halogens is 4. The number of hydrogen-bond donors (Lipinski definition) is 1. The van der Waals surface area contributed by atoms with Crippen molar-refractivity contribution in [3.05, 3.63) is 41.2 Å². The van der Waals surface area contributed by atoms with Gasteiger partial charge in [-0.25, -0.2) is 9.18 Å². The smallest absolute Gasteiger partial charge is 0.419 e. The van der Waals surface area contributed by atoms with Crippen molar-refractivity contribution in [2.75, 3.05) is 6.61 Å². The van der Waals surface area contributed by atoms with Crippen LogP contribution in [0, 0.1) is 5.82 Å². The first-order chi connectivity index (χ1) is 9.25. The van der Waals surface area contributed by atoms with Crippen molar-refractivity contribution < 1.29 is 32.2 Å². The fourth-order valence-corrected chi connectivity index (χ4v) is 1.43. The summed E-state index contributed by atoms with van der Waals surface area (Å²) in [7, 11) is 0. The highest BCUT2D eigenvalue weighted by atomic mass is 19.4. The van der Waals surface area contributed by atoms with Crippen LogP contribution in [-0.4, -0.2) is 17.7 Å². The third-order valence-electron chi connectivity index (χ3n) is 2.48. The molecule has 0 fully saturated rings. The molecule has 0 aliphatic rings. The summed E-state index contributed by atoms with van der Waals surface area (Å²) in [5.74, 6) is -2.69. The number of carboxylic acids is 1. The molecule has 7 heteroatoms. The maximum atomic E-state index is 13.0. The van der Waals surface area contributed by atoms with Crippen molar-refractivity contribution in [2.24, 2.45) is 0 Å². The van der Waals surface area contributed by atoms with E-state index in [1.807, 2.05) is 0 Å². The van der Waals surface area contributed by atoms with E-state index in [2.05, 4.69) is 0 Å². The summed E-state index contributed by atoms with van der Waals surface area (Å²) in [6.45, 7) is 1.41. The Morgan fingerprint density at radius 2 is 2.05 bits per heavy atom. The largest absolute Gasteiger partial charge is 0.490 e. The second-order valence-electron chi connectivity index (χ2n) is 3.84. The van der Waals surface area contributed by atoms with Gasteiger partial charge >= 0.3 is 12.1 Å². The van der Waals surface area contributed by atoms with Gasteiger partial charge in [-0.2, -0.15) is 13.2 Å². The zero-order valence-electron chi connectivity index (χ0n) is 10.5. The third-order valence-corrected chi connectivity index (χ3v) is 2.48. The van der Waals surface area contributed by atoms with E-state index < -0.39 is 23.5 Å². The van der Waals surface area contributed by atoms with Crippen LogP contribution in [0.1, 0.15) is 18.9 Å². The van der Waals surface area contributed by atoms with E-state index in [0.29, 0.717) is 12.1 Å². The van der Waals surface area contributed by atoms with Crippen LogP contribution in [0.4, 0.5) is 17.6 Å². The lowest BCUT2D eigenvalue weighted by Gasteiger charge is -2.10. The average Bonchev–Trinajstić information content (AvgIpc) is 2.34. The van der Waals surface area contributed by atoms with Crippen molar-refractivity contribution in [1.82, 2.24) is 0 Å². The molecule has 1 aromatic rings. The fourth-order valence-electron chi connectivity index (χ4n) is 1.43. The van der Waals surface area contributed by atoms with Gasteiger partial charge in [0.05, 0.1) is 5.56 Å². The van der Waals surface area contributed by atoms with E-state index >= 15 is 0 Å². The van der Waals surface area contributed by atoms with Gasteiger partial charge in [0.2, 0.25) is 0 Å². The quantitative estimate of drug-likeness (QED) is 0.665. The highest BCUT2D eigenvalue weighted by Crippen LogP contribution is 2.33. The van der Waals surface area contributed by atoms with E-state index in [0.717, 1.165) is 6.07 Å². The van der Waals surface area contributed by atoms with Crippen LogP contribution in [0.3, 0.4) is 0 Å². The van der Waals surface area contributed by atoms with Gasteiger partial charge in [-0.05, 0) is 30.7 Å². The summed E-state index contributed by atoms with van der Waals surface area (Å²) in [6, 6.07) is 2.24. The summed E-state index contributed by atoms with van der Waals surface area (Å²) in [5.41, 5.74) is -1.34. The standard InChI is InChI=1S/C13H12F4O3/c1-2-8(12(18)19)5-6-20-9-3-4-11(14)10(7-9)13(15,16)17/h3-5,7H,2,6H2,1H3,(H,18,19)/b8-5-. The minimum absolute atomic E-state index is 0.0863. The molecular formula is C13H12F4O3. The molecular weight excluding hydrogens is 280 g/mol. The van der Waals surface area contributed by atoms with Crippen LogP contribution in [0.25, 0.3) is 0 Å². The lowest BCUT2D eigenvalue weighted by molar-refractivity contribution is -0.140. The molecule has 110 valence electrons. The summed E-state index contributed by atoms with van der Waals surface area (Å²) in [6.07, 6.45) is -3.30. The molecule has 0 amide bonds. The molecule has 0 radical (unpaired) electrons. The van der Waals surface area contributed by atoms with Crippen molar-refractivity contribution in [3.63, 3.8) is 0 Å². The summed E-state index contributed by atoms with van der Waals surface area (Å²) in [4.78, 5) is 10.7. The highest BCUT2D eigenvalue weighted by Gasteiger charge is 2.34. The SMILES string of the molecule is CC/C(=C/COc1ccc(F)c(C(F)(F)F)c1)C(=O)O. The number of carbonyl (C=O) groups is 1. The van der Waals surface area contributed by atoms with Crippen molar-refractivity contribution in [3.8, 4) is 5.75 Å². The maximum Gasteiger partial charge on any atom is 0.419 e. The van der Waals surface area contributed by atoms with Crippen molar-refractivity contribution >= 4 is 5.97 Å². The Labute approximate surface area is 112 Å². The summed E-state index contributed by atoms with van der Waals surface area (Å²) >= 11 is 0. The first-order valence-electron chi connectivity index (χ1n) is 5.67. The Bertz CT molecular complexity index is 521. The van der Waals surface area contributed by atoms with Gasteiger partial charge in [-0.3, -0.25) is 0 Å². The van der Waals surface area contributed by atoms with Crippen LogP contribution >= 0.6 is 0 Å². The van der Waals surface area contributed by atoms with E-state index in [-0.39, 0.29) is 24.4 Å². The number of benzene rings is 1. The lowest BCUT2D eigenvalue weighted by atomic mass is 10.2. The molecule has 1 rings (SSSR count). The third kappa shape index (κ3) is 4.25. The Balaban J connectivity index is 2.82. The Morgan fingerprint density at radius 3 is 2.55 bits per heavy atom. The van der Waals surface area contributed by atoms with Crippen LogP contribution in [0.5, 0.6) is 5.75 Å². The van der Waals surface area contributed by atoms with Crippen molar-refractivity contribution in [2.45, 2.75) is 19.5 Å². The zero-order valence-corrected chi connectivity index (χ0v) is 10.5. The minimum Gasteiger partial charge on any atom is -0.490 e. The summed E-state index contributed by atoms with van der Waals surface area (Å²) < 4.78 is 55.3. The Hall–Kier alpha value is -2.05. The normalized spacial score (nSPS) is 12.3. The van der Waals surface area contributed by atoms with E-state index in [9.17, 15) is 22.4 Å². The molecule has 3 nitrogen and oxygen atoms in total. The molecule has 0 unspecified atom stereocenters.